The van der Waals surface area contributed by atoms with Crippen molar-refractivity contribution in [2.75, 3.05) is 18.5 Å². The van der Waals surface area contributed by atoms with Gasteiger partial charge >= 0.3 is 0 Å². The minimum atomic E-state index is -0.872. The van der Waals surface area contributed by atoms with E-state index in [1.165, 1.54) is 0 Å². The Bertz CT molecular complexity index is 684. The highest BCUT2D eigenvalue weighted by Gasteiger charge is 2.36. The summed E-state index contributed by atoms with van der Waals surface area (Å²) in [5.41, 5.74) is 6.10. The van der Waals surface area contributed by atoms with Crippen molar-refractivity contribution in [1.82, 2.24) is 4.98 Å². The Hall–Kier alpha value is -1.50. The normalized spacial score (nSPS) is 17.6. The standard InChI is InChI=1S/C15H16BrN3O2/c16-11-3-1-2-10-4-5-12(18-13(10)11)19-14(20)15(17)6-8-21-9-7-15/h1-5H,6-9,17H2,(H,18,19,20). The molecule has 5 nitrogen and oxygen atoms in total. The van der Waals surface area contributed by atoms with E-state index in [0.29, 0.717) is 31.9 Å². The molecule has 3 N–H and O–H groups in total. The van der Waals surface area contributed by atoms with E-state index in [-0.39, 0.29) is 5.91 Å². The molecule has 0 spiro atoms. The first-order chi connectivity index (χ1) is 10.1. The number of hydrogen-bond acceptors (Lipinski definition) is 4. The third kappa shape index (κ3) is 2.92. The zero-order chi connectivity index (χ0) is 14.9. The van der Waals surface area contributed by atoms with Gasteiger partial charge in [0.15, 0.2) is 0 Å². The maximum absolute atomic E-state index is 12.4. The summed E-state index contributed by atoms with van der Waals surface area (Å²) in [6.45, 7) is 1.03. The fourth-order valence-corrected chi connectivity index (χ4v) is 2.85. The summed E-state index contributed by atoms with van der Waals surface area (Å²) in [6.07, 6.45) is 1.05. The number of nitrogens with zero attached hydrogens (tertiary/aromatic N) is 1. The SMILES string of the molecule is NC1(C(=O)Nc2ccc3cccc(Br)c3n2)CCOCC1. The van der Waals surface area contributed by atoms with E-state index in [2.05, 4.69) is 26.2 Å². The number of aromatic nitrogens is 1. The Kier molecular flexibility index (Phi) is 3.93. The average molecular weight is 350 g/mol. The summed E-state index contributed by atoms with van der Waals surface area (Å²) in [5, 5.41) is 3.83. The summed E-state index contributed by atoms with van der Waals surface area (Å²) in [4.78, 5) is 16.8. The number of hydrogen-bond donors (Lipinski definition) is 2. The minimum absolute atomic E-state index is 0.204. The molecule has 2 heterocycles. The number of anilines is 1. The molecule has 2 aromatic rings. The van der Waals surface area contributed by atoms with Crippen LogP contribution in [0.1, 0.15) is 12.8 Å². The third-order valence-electron chi connectivity index (χ3n) is 3.75. The summed E-state index contributed by atoms with van der Waals surface area (Å²) in [5.74, 6) is 0.306. The number of rotatable bonds is 2. The quantitative estimate of drug-likeness (QED) is 0.872. The molecule has 1 aromatic carbocycles. The van der Waals surface area contributed by atoms with E-state index in [9.17, 15) is 4.79 Å². The molecule has 0 unspecified atom stereocenters. The van der Waals surface area contributed by atoms with Gasteiger partial charge in [0, 0.05) is 23.1 Å². The van der Waals surface area contributed by atoms with Gasteiger partial charge in [-0.15, -0.1) is 0 Å². The number of nitrogens with one attached hydrogen (secondary N) is 1. The van der Waals surface area contributed by atoms with Gasteiger partial charge in [-0.2, -0.15) is 0 Å². The number of carbonyl (C=O) groups excluding carboxylic acids is 1. The van der Waals surface area contributed by atoms with Crippen molar-refractivity contribution in [3.05, 3.63) is 34.8 Å². The molecule has 0 saturated carbocycles. The fourth-order valence-electron chi connectivity index (χ4n) is 2.38. The van der Waals surface area contributed by atoms with Crippen molar-refractivity contribution >= 4 is 38.6 Å². The molecule has 1 aliphatic rings. The van der Waals surface area contributed by atoms with Crippen molar-refractivity contribution in [1.29, 1.82) is 0 Å². The van der Waals surface area contributed by atoms with Crippen LogP contribution in [0.5, 0.6) is 0 Å². The second kappa shape index (κ2) is 5.71. The van der Waals surface area contributed by atoms with Crippen LogP contribution >= 0.6 is 15.9 Å². The Morgan fingerprint density at radius 1 is 1.29 bits per heavy atom. The topological polar surface area (TPSA) is 77.2 Å². The smallest absolute Gasteiger partial charge is 0.245 e. The lowest BCUT2D eigenvalue weighted by Gasteiger charge is -2.31. The lowest BCUT2D eigenvalue weighted by molar-refractivity contribution is -0.124. The first-order valence-corrected chi connectivity index (χ1v) is 7.61. The molecule has 0 bridgehead atoms. The summed E-state index contributed by atoms with van der Waals surface area (Å²) in [7, 11) is 0. The molecule has 110 valence electrons. The Morgan fingerprint density at radius 2 is 2.05 bits per heavy atom. The molecule has 1 saturated heterocycles. The molecule has 0 aliphatic carbocycles. The second-order valence-electron chi connectivity index (χ2n) is 5.23. The van der Waals surface area contributed by atoms with Gasteiger partial charge in [0.05, 0.1) is 5.52 Å². The predicted octanol–water partition coefficient (Wildman–Crippen LogP) is 2.44. The number of halogens is 1. The van der Waals surface area contributed by atoms with Gasteiger partial charge in [0.1, 0.15) is 11.4 Å². The van der Waals surface area contributed by atoms with E-state index in [4.69, 9.17) is 10.5 Å². The van der Waals surface area contributed by atoms with Crippen molar-refractivity contribution < 1.29 is 9.53 Å². The van der Waals surface area contributed by atoms with Crippen LogP contribution in [0.3, 0.4) is 0 Å². The molecular formula is C15H16BrN3O2. The maximum Gasteiger partial charge on any atom is 0.245 e. The first-order valence-electron chi connectivity index (χ1n) is 6.82. The van der Waals surface area contributed by atoms with Gasteiger partial charge < -0.3 is 15.8 Å². The highest BCUT2D eigenvalue weighted by atomic mass is 79.9. The number of ether oxygens (including phenoxy) is 1. The van der Waals surface area contributed by atoms with Gasteiger partial charge in [-0.05, 0) is 47.0 Å². The van der Waals surface area contributed by atoms with Gasteiger partial charge in [-0.1, -0.05) is 12.1 Å². The second-order valence-corrected chi connectivity index (χ2v) is 6.09. The highest BCUT2D eigenvalue weighted by Crippen LogP contribution is 2.24. The van der Waals surface area contributed by atoms with Gasteiger partial charge in [0.2, 0.25) is 5.91 Å². The van der Waals surface area contributed by atoms with Crippen LogP contribution in [0.4, 0.5) is 5.82 Å². The molecule has 1 aliphatic heterocycles. The lowest BCUT2D eigenvalue weighted by Crippen LogP contribution is -2.54. The van der Waals surface area contributed by atoms with Gasteiger partial charge in [0.25, 0.3) is 0 Å². The molecule has 0 radical (unpaired) electrons. The van der Waals surface area contributed by atoms with Crippen LogP contribution in [0.2, 0.25) is 0 Å². The van der Waals surface area contributed by atoms with Crippen LogP contribution in [0.25, 0.3) is 10.9 Å². The molecule has 0 atom stereocenters. The average Bonchev–Trinajstić information content (AvgIpc) is 2.49. The molecular weight excluding hydrogens is 334 g/mol. The largest absolute Gasteiger partial charge is 0.381 e. The maximum atomic E-state index is 12.4. The number of para-hydroxylation sites is 1. The van der Waals surface area contributed by atoms with Crippen LogP contribution in [-0.4, -0.2) is 29.6 Å². The Morgan fingerprint density at radius 3 is 2.81 bits per heavy atom. The number of carbonyl (C=O) groups is 1. The molecule has 1 fully saturated rings. The number of fused-ring (bicyclic) bond motifs is 1. The molecule has 21 heavy (non-hydrogen) atoms. The van der Waals surface area contributed by atoms with E-state index in [1.807, 2.05) is 24.3 Å². The third-order valence-corrected chi connectivity index (χ3v) is 4.39. The number of nitrogens with two attached hydrogens (primary N) is 1. The predicted molar refractivity (Wildman–Crippen MR) is 85.0 cm³/mol. The number of benzene rings is 1. The first kappa shape index (κ1) is 14.4. The van der Waals surface area contributed by atoms with E-state index < -0.39 is 5.54 Å². The lowest BCUT2D eigenvalue weighted by atomic mass is 9.90. The van der Waals surface area contributed by atoms with Crippen molar-refractivity contribution in [2.24, 2.45) is 5.73 Å². The molecule has 1 amide bonds. The summed E-state index contributed by atoms with van der Waals surface area (Å²) >= 11 is 3.47. The summed E-state index contributed by atoms with van der Waals surface area (Å²) in [6, 6.07) is 9.56. The Labute approximate surface area is 131 Å². The van der Waals surface area contributed by atoms with Gasteiger partial charge in [-0.3, -0.25) is 4.79 Å². The molecule has 1 aromatic heterocycles. The zero-order valence-corrected chi connectivity index (χ0v) is 13.0. The van der Waals surface area contributed by atoms with Crippen molar-refractivity contribution in [2.45, 2.75) is 18.4 Å². The monoisotopic (exact) mass is 349 g/mol. The van der Waals surface area contributed by atoms with Crippen LogP contribution in [-0.2, 0) is 9.53 Å². The van der Waals surface area contributed by atoms with E-state index in [0.717, 1.165) is 15.4 Å². The number of pyridine rings is 1. The van der Waals surface area contributed by atoms with Crippen molar-refractivity contribution in [3.8, 4) is 0 Å². The minimum Gasteiger partial charge on any atom is -0.381 e. The molecule has 6 heteroatoms. The fraction of sp³-hybridized carbons (Fsp3) is 0.333. The Balaban J connectivity index is 1.84. The zero-order valence-electron chi connectivity index (χ0n) is 11.4. The van der Waals surface area contributed by atoms with Gasteiger partial charge in [-0.25, -0.2) is 4.98 Å². The highest BCUT2D eigenvalue weighted by molar-refractivity contribution is 9.10. The van der Waals surface area contributed by atoms with Crippen molar-refractivity contribution in [3.63, 3.8) is 0 Å². The van der Waals surface area contributed by atoms with E-state index >= 15 is 0 Å². The van der Waals surface area contributed by atoms with Crippen LogP contribution in [0, 0.1) is 0 Å². The number of amides is 1. The van der Waals surface area contributed by atoms with Crippen LogP contribution in [0.15, 0.2) is 34.8 Å². The summed E-state index contributed by atoms with van der Waals surface area (Å²) < 4.78 is 6.15. The van der Waals surface area contributed by atoms with E-state index in [1.54, 1.807) is 6.07 Å². The van der Waals surface area contributed by atoms with Crippen LogP contribution < -0.4 is 11.1 Å². The molecule has 3 rings (SSSR count).